The molecule has 6 heteroatoms. The number of benzene rings is 2. The number of nitrogens with one attached hydrogen (secondary N) is 1. The van der Waals surface area contributed by atoms with E-state index in [2.05, 4.69) is 12.2 Å². The van der Waals surface area contributed by atoms with Gasteiger partial charge < -0.3 is 14.8 Å². The van der Waals surface area contributed by atoms with Crippen LogP contribution in [0.2, 0.25) is 0 Å². The van der Waals surface area contributed by atoms with Crippen molar-refractivity contribution in [3.05, 3.63) is 58.0 Å². The fourth-order valence-corrected chi connectivity index (χ4v) is 3.01. The van der Waals surface area contributed by atoms with Crippen molar-refractivity contribution in [3.8, 4) is 11.5 Å². The summed E-state index contributed by atoms with van der Waals surface area (Å²) < 4.78 is 14.7. The molecule has 0 radical (unpaired) electrons. The zero-order valence-corrected chi connectivity index (χ0v) is 15.7. The first-order chi connectivity index (χ1) is 12.5. The second-order valence-electron chi connectivity index (χ2n) is 6.28. The van der Waals surface area contributed by atoms with Crippen LogP contribution in [-0.2, 0) is 27.2 Å². The summed E-state index contributed by atoms with van der Waals surface area (Å²) >= 11 is 0. The third kappa shape index (κ3) is 3.46. The van der Waals surface area contributed by atoms with Crippen molar-refractivity contribution in [1.29, 1.82) is 0 Å². The molecular formula is C20H25N3O3. The van der Waals surface area contributed by atoms with Crippen molar-refractivity contribution < 1.29 is 9.47 Å². The maximum atomic E-state index is 12.0. The molecule has 1 heterocycles. The number of rotatable bonds is 7. The van der Waals surface area contributed by atoms with Crippen LogP contribution in [0.15, 0.2) is 41.2 Å². The number of methoxy groups -OCH3 is 1. The van der Waals surface area contributed by atoms with Crippen LogP contribution in [0.5, 0.6) is 11.5 Å². The Labute approximate surface area is 153 Å². The lowest BCUT2D eigenvalue weighted by Crippen LogP contribution is -2.19. The summed E-state index contributed by atoms with van der Waals surface area (Å²) in [5.74, 6) is 1.42. The van der Waals surface area contributed by atoms with E-state index >= 15 is 0 Å². The van der Waals surface area contributed by atoms with Crippen LogP contribution < -0.4 is 20.5 Å². The third-order valence-corrected chi connectivity index (χ3v) is 4.54. The molecule has 0 aliphatic carbocycles. The number of ether oxygens (including phenoxy) is 2. The van der Waals surface area contributed by atoms with Gasteiger partial charge in [0.25, 0.3) is 0 Å². The predicted octanol–water partition coefficient (Wildman–Crippen LogP) is 2.57. The summed E-state index contributed by atoms with van der Waals surface area (Å²) in [4.78, 5) is 12.0. The van der Waals surface area contributed by atoms with Gasteiger partial charge in [0.1, 0.15) is 6.61 Å². The first-order valence-electron chi connectivity index (χ1n) is 8.70. The van der Waals surface area contributed by atoms with E-state index in [9.17, 15) is 4.79 Å². The first kappa shape index (κ1) is 18.1. The van der Waals surface area contributed by atoms with E-state index in [4.69, 9.17) is 9.47 Å². The minimum Gasteiger partial charge on any atom is -0.493 e. The standard InChI is InChI=1S/C20H25N3O3/c1-5-21-12-14-7-9-18(19(11-14)25-4)26-13-15-6-8-16-17(10-15)23(3)20(24)22(16)2/h6-11,21H,5,12-13H2,1-4H3. The molecule has 0 unspecified atom stereocenters. The number of nitrogens with zero attached hydrogens (tertiary/aromatic N) is 2. The average molecular weight is 355 g/mol. The highest BCUT2D eigenvalue weighted by atomic mass is 16.5. The van der Waals surface area contributed by atoms with Crippen molar-refractivity contribution in [3.63, 3.8) is 0 Å². The van der Waals surface area contributed by atoms with E-state index in [1.165, 1.54) is 0 Å². The SMILES string of the molecule is CCNCc1ccc(OCc2ccc3c(c2)n(C)c(=O)n3C)c(OC)c1. The highest BCUT2D eigenvalue weighted by Gasteiger charge is 2.10. The van der Waals surface area contributed by atoms with E-state index in [1.807, 2.05) is 36.4 Å². The molecule has 2 aromatic carbocycles. The number of hydrogen-bond donors (Lipinski definition) is 1. The lowest BCUT2D eigenvalue weighted by Gasteiger charge is -2.13. The lowest BCUT2D eigenvalue weighted by molar-refractivity contribution is 0.284. The van der Waals surface area contributed by atoms with Crippen molar-refractivity contribution in [2.75, 3.05) is 13.7 Å². The zero-order chi connectivity index (χ0) is 18.7. The molecule has 6 nitrogen and oxygen atoms in total. The van der Waals surface area contributed by atoms with Crippen LogP contribution in [0, 0.1) is 0 Å². The van der Waals surface area contributed by atoms with Crippen LogP contribution in [-0.4, -0.2) is 22.8 Å². The van der Waals surface area contributed by atoms with E-state index in [1.54, 1.807) is 30.3 Å². The Kier molecular flexibility index (Phi) is 5.32. The highest BCUT2D eigenvalue weighted by molar-refractivity contribution is 5.76. The lowest BCUT2D eigenvalue weighted by atomic mass is 10.2. The van der Waals surface area contributed by atoms with Crippen molar-refractivity contribution >= 4 is 11.0 Å². The van der Waals surface area contributed by atoms with Gasteiger partial charge in [-0.3, -0.25) is 9.13 Å². The molecule has 0 spiro atoms. The van der Waals surface area contributed by atoms with E-state index in [0.717, 1.165) is 35.2 Å². The summed E-state index contributed by atoms with van der Waals surface area (Å²) in [6, 6.07) is 11.9. The van der Waals surface area contributed by atoms with E-state index in [0.29, 0.717) is 18.1 Å². The molecule has 26 heavy (non-hydrogen) atoms. The summed E-state index contributed by atoms with van der Waals surface area (Å²) in [6.07, 6.45) is 0. The number of aryl methyl sites for hydroxylation is 2. The van der Waals surface area contributed by atoms with Gasteiger partial charge >= 0.3 is 5.69 Å². The van der Waals surface area contributed by atoms with Gasteiger partial charge in [-0.15, -0.1) is 0 Å². The van der Waals surface area contributed by atoms with Gasteiger partial charge in [-0.1, -0.05) is 19.1 Å². The van der Waals surface area contributed by atoms with Crippen molar-refractivity contribution in [2.24, 2.45) is 14.1 Å². The van der Waals surface area contributed by atoms with Gasteiger partial charge in [-0.05, 0) is 41.9 Å². The molecule has 0 aliphatic heterocycles. The summed E-state index contributed by atoms with van der Waals surface area (Å²) in [5.41, 5.74) is 3.92. The molecule has 0 saturated carbocycles. The van der Waals surface area contributed by atoms with Crippen LogP contribution in [0.3, 0.4) is 0 Å². The van der Waals surface area contributed by atoms with Gasteiger partial charge in [-0.25, -0.2) is 4.79 Å². The van der Waals surface area contributed by atoms with E-state index < -0.39 is 0 Å². The van der Waals surface area contributed by atoms with Crippen LogP contribution in [0.4, 0.5) is 0 Å². The fourth-order valence-electron chi connectivity index (χ4n) is 3.01. The molecule has 0 aliphatic rings. The van der Waals surface area contributed by atoms with Crippen molar-refractivity contribution in [1.82, 2.24) is 14.5 Å². The van der Waals surface area contributed by atoms with Crippen LogP contribution in [0.25, 0.3) is 11.0 Å². The van der Waals surface area contributed by atoms with Gasteiger partial charge in [0.15, 0.2) is 11.5 Å². The summed E-state index contributed by atoms with van der Waals surface area (Å²) in [6.45, 7) is 4.20. The molecule has 0 bridgehead atoms. The maximum Gasteiger partial charge on any atom is 0.328 e. The molecule has 0 fully saturated rings. The Bertz CT molecular complexity index is 972. The Hall–Kier alpha value is -2.73. The van der Waals surface area contributed by atoms with Gasteiger partial charge in [0.05, 0.1) is 18.1 Å². The average Bonchev–Trinajstić information content (AvgIpc) is 2.88. The molecule has 3 rings (SSSR count). The third-order valence-electron chi connectivity index (χ3n) is 4.54. The number of hydrogen-bond acceptors (Lipinski definition) is 4. The van der Waals surface area contributed by atoms with Crippen LogP contribution in [0.1, 0.15) is 18.1 Å². The molecule has 0 saturated heterocycles. The Balaban J connectivity index is 1.79. The number of aromatic nitrogens is 2. The molecule has 1 aromatic heterocycles. The smallest absolute Gasteiger partial charge is 0.328 e. The molecule has 138 valence electrons. The zero-order valence-electron chi connectivity index (χ0n) is 15.7. The van der Waals surface area contributed by atoms with E-state index in [-0.39, 0.29) is 5.69 Å². The van der Waals surface area contributed by atoms with Crippen molar-refractivity contribution in [2.45, 2.75) is 20.1 Å². The predicted molar refractivity (Wildman–Crippen MR) is 103 cm³/mol. The van der Waals surface area contributed by atoms with Gasteiger partial charge in [-0.2, -0.15) is 0 Å². The summed E-state index contributed by atoms with van der Waals surface area (Å²) in [5, 5.41) is 3.30. The largest absolute Gasteiger partial charge is 0.493 e. The Morgan fingerprint density at radius 2 is 1.69 bits per heavy atom. The Morgan fingerprint density at radius 1 is 0.962 bits per heavy atom. The van der Waals surface area contributed by atoms with Gasteiger partial charge in [0.2, 0.25) is 0 Å². The maximum absolute atomic E-state index is 12.0. The molecule has 0 atom stereocenters. The number of imidazole rings is 1. The van der Waals surface area contributed by atoms with Gasteiger partial charge in [0, 0.05) is 20.6 Å². The molecule has 1 N–H and O–H groups in total. The van der Waals surface area contributed by atoms with Crippen LogP contribution >= 0.6 is 0 Å². The summed E-state index contributed by atoms with van der Waals surface area (Å²) in [7, 11) is 5.20. The first-order valence-corrected chi connectivity index (χ1v) is 8.70. The molecular weight excluding hydrogens is 330 g/mol. The normalized spacial score (nSPS) is 11.1. The monoisotopic (exact) mass is 355 g/mol. The molecule has 3 aromatic rings. The second-order valence-corrected chi connectivity index (χ2v) is 6.28. The number of fused-ring (bicyclic) bond motifs is 1. The Morgan fingerprint density at radius 3 is 2.42 bits per heavy atom. The quantitative estimate of drug-likeness (QED) is 0.708. The topological polar surface area (TPSA) is 57.4 Å². The molecule has 0 amide bonds. The highest BCUT2D eigenvalue weighted by Crippen LogP contribution is 2.29. The minimum atomic E-state index is -0.0315. The minimum absolute atomic E-state index is 0.0315. The second kappa shape index (κ2) is 7.66. The fraction of sp³-hybridized carbons (Fsp3) is 0.350.